The summed E-state index contributed by atoms with van der Waals surface area (Å²) in [6, 6.07) is 8.26. The van der Waals surface area contributed by atoms with Crippen LogP contribution in [0.4, 0.5) is 0 Å². The van der Waals surface area contributed by atoms with E-state index in [-0.39, 0.29) is 0 Å². The minimum absolute atomic E-state index is 0.416. The molecule has 16 heavy (non-hydrogen) atoms. The molecular formula is C14H20N2. The molecule has 0 amide bonds. The Bertz CT molecular complexity index is 374. The van der Waals surface area contributed by atoms with E-state index in [1.54, 1.807) is 0 Å². The first-order valence-corrected chi connectivity index (χ1v) is 5.73. The SMILES string of the molecule is CCCN(C)Cc1ccccc1C#CCN. The number of nitrogens with zero attached hydrogens (tertiary/aromatic N) is 1. The van der Waals surface area contributed by atoms with Crippen molar-refractivity contribution < 1.29 is 0 Å². The maximum Gasteiger partial charge on any atom is 0.0555 e. The predicted molar refractivity (Wildman–Crippen MR) is 69.0 cm³/mol. The van der Waals surface area contributed by atoms with Crippen molar-refractivity contribution in [2.24, 2.45) is 5.73 Å². The summed E-state index contributed by atoms with van der Waals surface area (Å²) in [6.07, 6.45) is 1.17. The van der Waals surface area contributed by atoms with Gasteiger partial charge in [0.15, 0.2) is 0 Å². The van der Waals surface area contributed by atoms with Gasteiger partial charge in [0.25, 0.3) is 0 Å². The van der Waals surface area contributed by atoms with E-state index in [1.165, 1.54) is 12.0 Å². The van der Waals surface area contributed by atoms with Gasteiger partial charge >= 0.3 is 0 Å². The molecule has 0 saturated heterocycles. The Morgan fingerprint density at radius 2 is 2.06 bits per heavy atom. The van der Waals surface area contributed by atoms with Crippen LogP contribution in [-0.4, -0.2) is 25.0 Å². The van der Waals surface area contributed by atoms with Gasteiger partial charge in [-0.2, -0.15) is 0 Å². The molecule has 1 aromatic rings. The Kier molecular flexibility index (Phi) is 5.63. The van der Waals surface area contributed by atoms with E-state index in [4.69, 9.17) is 5.73 Å². The number of nitrogens with two attached hydrogens (primary N) is 1. The number of hydrogen-bond acceptors (Lipinski definition) is 2. The third-order valence-corrected chi connectivity index (χ3v) is 2.39. The minimum Gasteiger partial charge on any atom is -0.320 e. The Balaban J connectivity index is 2.78. The fraction of sp³-hybridized carbons (Fsp3) is 0.429. The van der Waals surface area contributed by atoms with Crippen LogP contribution in [0.5, 0.6) is 0 Å². The first kappa shape index (κ1) is 12.8. The molecule has 0 spiro atoms. The standard InChI is InChI=1S/C14H20N2/c1-3-11-16(2)12-14-8-5-4-7-13(14)9-6-10-15/h4-5,7-8H,3,10-12,15H2,1-2H3. The monoisotopic (exact) mass is 216 g/mol. The third-order valence-electron chi connectivity index (χ3n) is 2.39. The van der Waals surface area contributed by atoms with Crippen molar-refractivity contribution in [1.82, 2.24) is 4.90 Å². The molecule has 0 atom stereocenters. The molecule has 2 heteroatoms. The molecule has 0 heterocycles. The number of hydrogen-bond donors (Lipinski definition) is 1. The van der Waals surface area contributed by atoms with Crippen molar-refractivity contribution in [2.75, 3.05) is 20.1 Å². The highest BCUT2D eigenvalue weighted by Gasteiger charge is 2.02. The van der Waals surface area contributed by atoms with Crippen LogP contribution in [0.1, 0.15) is 24.5 Å². The summed E-state index contributed by atoms with van der Waals surface area (Å²) in [6.45, 7) is 4.66. The highest BCUT2D eigenvalue weighted by Crippen LogP contribution is 2.09. The third kappa shape index (κ3) is 4.06. The van der Waals surface area contributed by atoms with E-state index in [1.807, 2.05) is 6.07 Å². The summed E-state index contributed by atoms with van der Waals surface area (Å²) in [5, 5.41) is 0. The van der Waals surface area contributed by atoms with Gasteiger partial charge in [-0.25, -0.2) is 0 Å². The van der Waals surface area contributed by atoms with E-state index in [2.05, 4.69) is 48.9 Å². The first-order valence-electron chi connectivity index (χ1n) is 5.73. The van der Waals surface area contributed by atoms with Gasteiger partial charge in [0, 0.05) is 12.1 Å². The summed E-state index contributed by atoms with van der Waals surface area (Å²) < 4.78 is 0. The van der Waals surface area contributed by atoms with Crippen molar-refractivity contribution in [3.8, 4) is 11.8 Å². The van der Waals surface area contributed by atoms with Crippen LogP contribution in [0, 0.1) is 11.8 Å². The van der Waals surface area contributed by atoms with Crippen LogP contribution in [0.3, 0.4) is 0 Å². The molecule has 2 N–H and O–H groups in total. The molecule has 0 bridgehead atoms. The van der Waals surface area contributed by atoms with Crippen LogP contribution < -0.4 is 5.73 Å². The summed E-state index contributed by atoms with van der Waals surface area (Å²) in [7, 11) is 2.14. The average Bonchev–Trinajstić information content (AvgIpc) is 2.28. The van der Waals surface area contributed by atoms with Crippen molar-refractivity contribution in [1.29, 1.82) is 0 Å². The molecule has 0 aromatic heterocycles. The molecule has 1 rings (SSSR count). The van der Waals surface area contributed by atoms with Crippen LogP contribution in [-0.2, 0) is 6.54 Å². The maximum absolute atomic E-state index is 5.39. The lowest BCUT2D eigenvalue weighted by Gasteiger charge is -2.16. The fourth-order valence-corrected chi connectivity index (χ4v) is 1.68. The zero-order valence-electron chi connectivity index (χ0n) is 10.2. The van der Waals surface area contributed by atoms with E-state index < -0.39 is 0 Å². The van der Waals surface area contributed by atoms with Crippen molar-refractivity contribution >= 4 is 0 Å². The van der Waals surface area contributed by atoms with Gasteiger partial charge in [-0.15, -0.1) is 0 Å². The van der Waals surface area contributed by atoms with E-state index in [0.717, 1.165) is 18.7 Å². The molecule has 0 saturated carbocycles. The minimum atomic E-state index is 0.416. The van der Waals surface area contributed by atoms with Gasteiger partial charge in [-0.3, -0.25) is 0 Å². The topological polar surface area (TPSA) is 29.3 Å². The maximum atomic E-state index is 5.39. The van der Waals surface area contributed by atoms with Gasteiger partial charge in [0.1, 0.15) is 0 Å². The second kappa shape index (κ2) is 7.05. The van der Waals surface area contributed by atoms with Gasteiger partial charge < -0.3 is 10.6 Å². The molecule has 0 aliphatic carbocycles. The van der Waals surface area contributed by atoms with Crippen molar-refractivity contribution in [3.63, 3.8) is 0 Å². The number of benzene rings is 1. The molecular weight excluding hydrogens is 196 g/mol. The lowest BCUT2D eigenvalue weighted by Crippen LogP contribution is -2.19. The molecule has 86 valence electrons. The number of rotatable bonds is 4. The quantitative estimate of drug-likeness (QED) is 0.778. The molecule has 0 unspecified atom stereocenters. The lowest BCUT2D eigenvalue weighted by atomic mass is 10.1. The normalized spacial score (nSPS) is 10.0. The molecule has 1 aromatic carbocycles. The highest BCUT2D eigenvalue weighted by atomic mass is 15.1. The van der Waals surface area contributed by atoms with Gasteiger partial charge in [0.2, 0.25) is 0 Å². The highest BCUT2D eigenvalue weighted by molar-refractivity contribution is 5.41. The van der Waals surface area contributed by atoms with Gasteiger partial charge in [-0.05, 0) is 31.6 Å². The van der Waals surface area contributed by atoms with Crippen LogP contribution in [0.2, 0.25) is 0 Å². The fourth-order valence-electron chi connectivity index (χ4n) is 1.68. The summed E-state index contributed by atoms with van der Waals surface area (Å²) in [5.41, 5.74) is 7.76. The van der Waals surface area contributed by atoms with Crippen LogP contribution in [0.25, 0.3) is 0 Å². The van der Waals surface area contributed by atoms with Crippen molar-refractivity contribution in [3.05, 3.63) is 35.4 Å². The van der Waals surface area contributed by atoms with Crippen molar-refractivity contribution in [2.45, 2.75) is 19.9 Å². The van der Waals surface area contributed by atoms with Crippen LogP contribution >= 0.6 is 0 Å². The Labute approximate surface area is 98.4 Å². The first-order chi connectivity index (χ1) is 7.77. The average molecular weight is 216 g/mol. The second-order valence-electron chi connectivity index (χ2n) is 3.90. The lowest BCUT2D eigenvalue weighted by molar-refractivity contribution is 0.327. The Morgan fingerprint density at radius 3 is 2.75 bits per heavy atom. The zero-order valence-corrected chi connectivity index (χ0v) is 10.2. The molecule has 0 radical (unpaired) electrons. The predicted octanol–water partition coefficient (Wildman–Crippen LogP) is 1.84. The smallest absolute Gasteiger partial charge is 0.0555 e. The largest absolute Gasteiger partial charge is 0.320 e. The summed E-state index contributed by atoms with van der Waals surface area (Å²) >= 11 is 0. The van der Waals surface area contributed by atoms with Gasteiger partial charge in [-0.1, -0.05) is 37.0 Å². The summed E-state index contributed by atoms with van der Waals surface area (Å²) in [4.78, 5) is 2.31. The zero-order chi connectivity index (χ0) is 11.8. The van der Waals surface area contributed by atoms with E-state index in [9.17, 15) is 0 Å². The Hall–Kier alpha value is -1.30. The van der Waals surface area contributed by atoms with E-state index in [0.29, 0.717) is 6.54 Å². The van der Waals surface area contributed by atoms with Gasteiger partial charge in [0.05, 0.1) is 6.54 Å². The van der Waals surface area contributed by atoms with E-state index >= 15 is 0 Å². The molecule has 0 aliphatic rings. The van der Waals surface area contributed by atoms with Crippen LogP contribution in [0.15, 0.2) is 24.3 Å². The molecule has 2 nitrogen and oxygen atoms in total. The summed E-state index contributed by atoms with van der Waals surface area (Å²) in [5.74, 6) is 6.03. The Morgan fingerprint density at radius 1 is 1.31 bits per heavy atom. The molecule has 0 aliphatic heterocycles. The second-order valence-corrected chi connectivity index (χ2v) is 3.90. The molecule has 0 fully saturated rings.